The van der Waals surface area contributed by atoms with E-state index in [9.17, 15) is 0 Å². The molecule has 0 aliphatic rings. The van der Waals surface area contributed by atoms with Gasteiger partial charge in [0.1, 0.15) is 0 Å². The van der Waals surface area contributed by atoms with Gasteiger partial charge in [-0.2, -0.15) is 0 Å². The van der Waals surface area contributed by atoms with Gasteiger partial charge in [0.25, 0.3) is 0 Å². The maximum absolute atomic E-state index is 8.89. The molecule has 0 unspecified atom stereocenters. The van der Waals surface area contributed by atoms with Crippen LogP contribution in [0.2, 0.25) is 0 Å². The van der Waals surface area contributed by atoms with Crippen molar-refractivity contribution >= 4 is 5.97 Å². The first-order chi connectivity index (χ1) is 1.73. The summed E-state index contributed by atoms with van der Waals surface area (Å²) in [4.78, 5) is 8.89. The van der Waals surface area contributed by atoms with Gasteiger partial charge < -0.3 is 26.9 Å². The fourth-order valence-corrected chi connectivity index (χ4v) is 0. The van der Waals surface area contributed by atoms with Crippen LogP contribution in [0.4, 0.5) is 0 Å². The molecule has 0 saturated heterocycles. The molecule has 2 nitrogen and oxygen atoms in total. The first kappa shape index (κ1) is 22.5. The van der Waals surface area contributed by atoms with Gasteiger partial charge in [-0.3, -0.25) is 0 Å². The van der Waals surface area contributed by atoms with Gasteiger partial charge in [-0.15, -0.1) is 0 Å². The van der Waals surface area contributed by atoms with Crippen molar-refractivity contribution in [3.8, 4) is 0 Å². The van der Waals surface area contributed by atoms with Crippen molar-refractivity contribution in [1.82, 2.24) is 0 Å². The summed E-state index contributed by atoms with van der Waals surface area (Å²) in [5.74, 6) is -1.08. The Morgan fingerprint density at radius 1 is 1.43 bits per heavy atom. The summed E-state index contributed by atoms with van der Waals surface area (Å²) >= 11 is 0. The minimum Gasteiger partial charge on any atom is -1.00 e. The van der Waals surface area contributed by atoms with Crippen molar-refractivity contribution in [3.05, 3.63) is 0 Å². The Morgan fingerprint density at radius 2 is 1.43 bits per heavy atom. The number of aliphatic carboxylic acids is 1. The molecule has 7 heavy (non-hydrogen) atoms. The van der Waals surface area contributed by atoms with Crippen LogP contribution < -0.4 is 125 Å². The Morgan fingerprint density at radius 3 is 1.43 bits per heavy atom. The Bertz CT molecular complexity index is 36.7. The predicted molar refractivity (Wildman–Crippen MR) is 10.7 cm³/mol. The van der Waals surface area contributed by atoms with Crippen molar-refractivity contribution in [3.63, 3.8) is 0 Å². The van der Waals surface area contributed by atoms with Crippen LogP contribution in [-0.2, 0) is 4.79 Å². The molecule has 0 amide bonds. The Balaban J connectivity index is -0.0000000150. The molecule has 0 aromatic heterocycles. The molecule has 0 aromatic rings. The molecule has 0 atom stereocenters. The van der Waals surface area contributed by atoms with Gasteiger partial charge in [-0.05, 0) is 6.92 Å². The van der Waals surface area contributed by atoms with E-state index >= 15 is 0 Å². The molecule has 0 fully saturated rings. The van der Waals surface area contributed by atoms with Gasteiger partial charge in [-0.25, -0.2) is 0 Å². The minimum atomic E-state index is -1.08. The van der Waals surface area contributed by atoms with Gasteiger partial charge in [0.15, 0.2) is 0 Å². The van der Waals surface area contributed by atoms with E-state index in [1.807, 2.05) is 0 Å². The van der Waals surface area contributed by atoms with Crippen LogP contribution in [0.1, 0.15) is 6.92 Å². The average Bonchev–Trinajstić information content (AvgIpc) is 0.811. The van der Waals surface area contributed by atoms with Crippen LogP contribution in [0.25, 0.3) is 0 Å². The molecule has 32 valence electrons. The first-order valence-corrected chi connectivity index (χ1v) is 0.908. The number of carbonyl (C=O) groups is 1. The number of rotatable bonds is 0. The first-order valence-electron chi connectivity index (χ1n) is 0.908. The smallest absolute Gasteiger partial charge is 1.00 e. The zero-order chi connectivity index (χ0) is 3.58. The molecule has 0 aromatic carbocycles. The minimum absolute atomic E-state index is 0. The number of hydrogen-bond acceptors (Lipinski definition) is 2. The fourth-order valence-electron chi connectivity index (χ4n) is 0. The van der Waals surface area contributed by atoms with E-state index in [4.69, 9.17) is 9.90 Å². The molecule has 0 spiro atoms. The maximum Gasteiger partial charge on any atom is 1.00 e. The van der Waals surface area contributed by atoms with Crippen molar-refractivity contribution in [2.24, 2.45) is 0 Å². The van der Waals surface area contributed by atoms with E-state index in [0.717, 1.165) is 6.92 Å². The Kier molecular flexibility index (Phi) is 51.7. The molecule has 0 saturated carbocycles. The Hall–Kier alpha value is 3.22. The molecular weight excluding hydrogens is 214 g/mol. The van der Waals surface area contributed by atoms with Crippen LogP contribution >= 0.6 is 0 Å². The van der Waals surface area contributed by atoms with Crippen molar-refractivity contribution < 1.29 is 130 Å². The van der Waals surface area contributed by atoms with Gasteiger partial charge in [0, 0.05) is 5.97 Å². The number of carboxylic acid groups (broad SMARTS) is 1. The molecule has 0 heterocycles. The van der Waals surface area contributed by atoms with Gasteiger partial charge in [-0.1, -0.05) is 0 Å². The molecule has 0 bridgehead atoms. The van der Waals surface area contributed by atoms with Gasteiger partial charge >= 0.3 is 103 Å². The summed E-state index contributed by atoms with van der Waals surface area (Å²) in [6, 6.07) is 0. The number of carbonyl (C=O) groups excluding carboxylic acids is 1. The predicted octanol–water partition coefficient (Wildman–Crippen LogP) is -10.2. The molecule has 0 N–H and O–H groups in total. The topological polar surface area (TPSA) is 40.1 Å². The van der Waals surface area contributed by atoms with Crippen LogP contribution in [0.3, 0.4) is 0 Å². The third kappa shape index (κ3) is 46.3. The van der Waals surface area contributed by atoms with Crippen molar-refractivity contribution in [2.75, 3.05) is 0 Å². The van der Waals surface area contributed by atoms with E-state index < -0.39 is 5.97 Å². The normalized spacial score (nSPS) is 3.57. The molecule has 0 aliphatic heterocycles. The molecule has 5 heteroatoms. The summed E-state index contributed by atoms with van der Waals surface area (Å²) in [5, 5.41) is 8.89. The largest absolute Gasteiger partial charge is 1.00 e. The second-order valence-corrected chi connectivity index (χ2v) is 0.492. The molecule has 0 radical (unpaired) electrons. The fraction of sp³-hybridized carbons (Fsp3) is 0.500. The second kappa shape index (κ2) is 16.1. The van der Waals surface area contributed by atoms with Crippen LogP contribution in [-0.4, -0.2) is 5.97 Å². The Labute approximate surface area is 138 Å². The summed E-state index contributed by atoms with van der Waals surface area (Å²) in [7, 11) is 0. The summed E-state index contributed by atoms with van der Waals surface area (Å²) < 4.78 is 0. The van der Waals surface area contributed by atoms with Crippen molar-refractivity contribution in [2.45, 2.75) is 6.92 Å². The van der Waals surface area contributed by atoms with Crippen molar-refractivity contribution in [1.29, 1.82) is 0 Å². The number of halogens is 1. The molecular formula is C2H3BrK2O2. The van der Waals surface area contributed by atoms with E-state index in [1.54, 1.807) is 0 Å². The maximum atomic E-state index is 8.89. The number of hydrogen-bond donors (Lipinski definition) is 0. The zero-order valence-electron chi connectivity index (χ0n) is 4.69. The second-order valence-electron chi connectivity index (χ2n) is 0.492. The van der Waals surface area contributed by atoms with Crippen LogP contribution in [0.15, 0.2) is 0 Å². The van der Waals surface area contributed by atoms with E-state index in [2.05, 4.69) is 0 Å². The zero-order valence-corrected chi connectivity index (χ0v) is 12.5. The third-order valence-electron chi connectivity index (χ3n) is 0. The van der Waals surface area contributed by atoms with E-state index in [0.29, 0.717) is 0 Å². The summed E-state index contributed by atoms with van der Waals surface area (Å²) in [6.07, 6.45) is 0. The SMILES string of the molecule is CC(=O)[O-].[Br-].[K+].[K+]. The van der Waals surface area contributed by atoms with Crippen LogP contribution in [0, 0.1) is 0 Å². The monoisotopic (exact) mass is 216 g/mol. The molecule has 0 aliphatic carbocycles. The van der Waals surface area contributed by atoms with Gasteiger partial charge in [0.05, 0.1) is 0 Å². The quantitative estimate of drug-likeness (QED) is 0.378. The number of carboxylic acids is 1. The van der Waals surface area contributed by atoms with E-state index in [1.165, 1.54) is 0 Å². The van der Waals surface area contributed by atoms with E-state index in [-0.39, 0.29) is 120 Å². The average molecular weight is 217 g/mol. The summed E-state index contributed by atoms with van der Waals surface area (Å²) in [6.45, 7) is 0.972. The third-order valence-corrected chi connectivity index (χ3v) is 0. The van der Waals surface area contributed by atoms with Gasteiger partial charge in [0.2, 0.25) is 0 Å². The van der Waals surface area contributed by atoms with Crippen LogP contribution in [0.5, 0.6) is 0 Å². The molecule has 0 rings (SSSR count). The standard InChI is InChI=1S/C2H4O2.BrH.2K/c1-2(3)4;;;/h1H3,(H,3,4);1H;;/q;;2*+1/p-2. The summed E-state index contributed by atoms with van der Waals surface area (Å²) in [5.41, 5.74) is 0.